The van der Waals surface area contributed by atoms with Gasteiger partial charge in [0.25, 0.3) is 0 Å². The molecule has 0 aliphatic carbocycles. The maximum absolute atomic E-state index is 13.0. The van der Waals surface area contributed by atoms with Crippen molar-refractivity contribution in [2.45, 2.75) is 39.8 Å². The van der Waals surface area contributed by atoms with Gasteiger partial charge in [-0.1, -0.05) is 26.8 Å². The van der Waals surface area contributed by atoms with Gasteiger partial charge in [-0.15, -0.1) is 0 Å². The third-order valence-corrected chi connectivity index (χ3v) is 3.26. The summed E-state index contributed by atoms with van der Waals surface area (Å²) in [5.74, 6) is -0.795. The molecule has 4 nitrogen and oxygen atoms in total. The van der Waals surface area contributed by atoms with Crippen LogP contribution in [0.1, 0.15) is 38.0 Å². The number of carbonyl (C=O) groups excluding carboxylic acids is 1. The molecule has 0 spiro atoms. The Balaban J connectivity index is 2.75. The van der Waals surface area contributed by atoms with E-state index in [-0.39, 0.29) is 17.8 Å². The number of primary amides is 1. The number of rotatable bonds is 5. The molecule has 0 saturated heterocycles. The number of carbonyl (C=O) groups is 1. The highest BCUT2D eigenvalue weighted by atomic mass is 19.1. The van der Waals surface area contributed by atoms with Gasteiger partial charge in [-0.05, 0) is 35.6 Å². The first-order chi connectivity index (χ1) is 9.12. The molecule has 112 valence electrons. The zero-order chi connectivity index (χ0) is 15.5. The quantitative estimate of drug-likeness (QED) is 0.769. The molecule has 20 heavy (non-hydrogen) atoms. The van der Waals surface area contributed by atoms with Gasteiger partial charge >= 0.3 is 0 Å². The normalized spacial score (nSPS) is 14.9. The lowest BCUT2D eigenvalue weighted by atomic mass is 9.86. The lowest BCUT2D eigenvalue weighted by Crippen LogP contribution is -2.50. The van der Waals surface area contributed by atoms with Crippen molar-refractivity contribution in [1.29, 1.82) is 0 Å². The molecule has 1 unspecified atom stereocenters. The van der Waals surface area contributed by atoms with Crippen LogP contribution in [0.3, 0.4) is 0 Å². The van der Waals surface area contributed by atoms with E-state index in [9.17, 15) is 14.3 Å². The maximum atomic E-state index is 13.0. The molecular formula is C15H23FN2O2. The van der Waals surface area contributed by atoms with Crippen molar-refractivity contribution in [3.63, 3.8) is 0 Å². The second kappa shape index (κ2) is 6.33. The molecule has 1 aromatic rings. The number of hydrogen-bond acceptors (Lipinski definition) is 3. The zero-order valence-electron chi connectivity index (χ0n) is 12.4. The first kappa shape index (κ1) is 16.6. The van der Waals surface area contributed by atoms with Crippen LogP contribution in [0.2, 0.25) is 0 Å². The van der Waals surface area contributed by atoms with Crippen LogP contribution in [0.15, 0.2) is 18.2 Å². The molecule has 4 N–H and O–H groups in total. The van der Waals surface area contributed by atoms with Gasteiger partial charge in [-0.25, -0.2) is 4.39 Å². The minimum absolute atomic E-state index is 0.178. The Morgan fingerprint density at radius 3 is 2.50 bits per heavy atom. The first-order valence-corrected chi connectivity index (χ1v) is 6.59. The molecule has 0 saturated carbocycles. The van der Waals surface area contributed by atoms with Gasteiger partial charge in [-0.3, -0.25) is 4.79 Å². The van der Waals surface area contributed by atoms with Crippen molar-refractivity contribution in [2.75, 3.05) is 6.54 Å². The van der Waals surface area contributed by atoms with E-state index in [1.807, 2.05) is 20.8 Å². The summed E-state index contributed by atoms with van der Waals surface area (Å²) in [5.41, 5.74) is 6.33. The second-order valence-electron chi connectivity index (χ2n) is 6.13. The average molecular weight is 282 g/mol. The van der Waals surface area contributed by atoms with E-state index in [4.69, 9.17) is 5.73 Å². The van der Waals surface area contributed by atoms with Crippen LogP contribution in [0.4, 0.5) is 4.39 Å². The first-order valence-electron chi connectivity index (χ1n) is 6.59. The van der Waals surface area contributed by atoms with Gasteiger partial charge in [0.15, 0.2) is 0 Å². The number of nitrogens with one attached hydrogen (secondary N) is 1. The predicted octanol–water partition coefficient (Wildman–Crippen LogP) is 1.66. The Morgan fingerprint density at radius 2 is 2.05 bits per heavy atom. The van der Waals surface area contributed by atoms with Gasteiger partial charge in [0.1, 0.15) is 5.82 Å². The van der Waals surface area contributed by atoms with Crippen LogP contribution in [-0.4, -0.2) is 23.6 Å². The topological polar surface area (TPSA) is 75.3 Å². The largest absolute Gasteiger partial charge is 0.387 e. The summed E-state index contributed by atoms with van der Waals surface area (Å²) < 4.78 is 13.0. The third kappa shape index (κ3) is 4.28. The van der Waals surface area contributed by atoms with Crippen LogP contribution in [-0.2, 0) is 4.79 Å². The lowest BCUT2D eigenvalue weighted by molar-refractivity contribution is -0.122. The molecule has 0 aromatic heterocycles. The Labute approximate surface area is 119 Å². The summed E-state index contributed by atoms with van der Waals surface area (Å²) in [6, 6.07) is 3.68. The van der Waals surface area contributed by atoms with Crippen molar-refractivity contribution in [3.8, 4) is 0 Å². The van der Waals surface area contributed by atoms with Crippen LogP contribution in [0, 0.1) is 18.2 Å². The molecule has 0 bridgehead atoms. The van der Waals surface area contributed by atoms with Crippen LogP contribution < -0.4 is 11.1 Å². The number of nitrogens with two attached hydrogens (primary N) is 1. The van der Waals surface area contributed by atoms with Crippen molar-refractivity contribution in [2.24, 2.45) is 11.1 Å². The average Bonchev–Trinajstić information content (AvgIpc) is 2.26. The fraction of sp³-hybridized carbons (Fsp3) is 0.533. The number of aryl methyl sites for hydroxylation is 1. The Kier molecular flexibility index (Phi) is 5.25. The van der Waals surface area contributed by atoms with E-state index in [0.29, 0.717) is 11.1 Å². The Morgan fingerprint density at radius 1 is 1.45 bits per heavy atom. The van der Waals surface area contributed by atoms with E-state index in [1.165, 1.54) is 12.1 Å². The Bertz CT molecular complexity index is 483. The van der Waals surface area contributed by atoms with Crippen molar-refractivity contribution in [1.82, 2.24) is 5.32 Å². The molecule has 0 heterocycles. The highest BCUT2D eigenvalue weighted by molar-refractivity contribution is 5.80. The minimum atomic E-state index is -0.820. The minimum Gasteiger partial charge on any atom is -0.387 e. The highest BCUT2D eigenvalue weighted by Crippen LogP contribution is 2.21. The van der Waals surface area contributed by atoms with Crippen LogP contribution >= 0.6 is 0 Å². The molecule has 1 aromatic carbocycles. The number of hydrogen-bond donors (Lipinski definition) is 3. The van der Waals surface area contributed by atoms with E-state index in [0.717, 1.165) is 0 Å². The second-order valence-corrected chi connectivity index (χ2v) is 6.13. The van der Waals surface area contributed by atoms with E-state index in [2.05, 4.69) is 5.32 Å². The van der Waals surface area contributed by atoms with Crippen molar-refractivity contribution in [3.05, 3.63) is 35.1 Å². The molecule has 0 aliphatic rings. The monoisotopic (exact) mass is 282 g/mol. The van der Waals surface area contributed by atoms with Crippen molar-refractivity contribution < 1.29 is 14.3 Å². The number of halogens is 1. The lowest BCUT2D eigenvalue weighted by Gasteiger charge is -2.30. The standard InChI is InChI=1S/C15H23FN2O2/c1-9-7-10(16)5-6-11(9)12(19)8-18-13(14(17)20)15(2,3)4/h5-7,12-13,18-19H,8H2,1-4H3,(H2,17,20)/t12?,13-/m1/s1. The van der Waals surface area contributed by atoms with Gasteiger partial charge < -0.3 is 16.2 Å². The predicted molar refractivity (Wildman–Crippen MR) is 76.5 cm³/mol. The molecule has 5 heteroatoms. The fourth-order valence-corrected chi connectivity index (χ4v) is 2.19. The van der Waals surface area contributed by atoms with Gasteiger partial charge in [-0.2, -0.15) is 0 Å². The smallest absolute Gasteiger partial charge is 0.235 e. The number of amides is 1. The summed E-state index contributed by atoms with van der Waals surface area (Å²) in [6.07, 6.45) is -0.820. The SMILES string of the molecule is Cc1cc(F)ccc1C(O)CN[C@H](C(N)=O)C(C)(C)C. The maximum Gasteiger partial charge on any atom is 0.235 e. The molecule has 0 aliphatic heterocycles. The highest BCUT2D eigenvalue weighted by Gasteiger charge is 2.29. The molecule has 1 amide bonds. The third-order valence-electron chi connectivity index (χ3n) is 3.26. The summed E-state index contributed by atoms with van der Waals surface area (Å²) in [5, 5.41) is 13.1. The summed E-state index contributed by atoms with van der Waals surface area (Å²) in [7, 11) is 0. The summed E-state index contributed by atoms with van der Waals surface area (Å²) in [4.78, 5) is 11.4. The van der Waals surface area contributed by atoms with Gasteiger partial charge in [0.2, 0.25) is 5.91 Å². The Hall–Kier alpha value is -1.46. The number of benzene rings is 1. The van der Waals surface area contributed by atoms with E-state index < -0.39 is 18.1 Å². The van der Waals surface area contributed by atoms with Crippen molar-refractivity contribution >= 4 is 5.91 Å². The molecule has 1 rings (SSSR count). The summed E-state index contributed by atoms with van der Waals surface area (Å²) in [6.45, 7) is 7.59. The van der Waals surface area contributed by atoms with Gasteiger partial charge in [0, 0.05) is 6.54 Å². The molecule has 0 radical (unpaired) electrons. The van der Waals surface area contributed by atoms with Gasteiger partial charge in [0.05, 0.1) is 12.1 Å². The number of aliphatic hydroxyl groups is 1. The van der Waals surface area contributed by atoms with E-state index >= 15 is 0 Å². The van der Waals surface area contributed by atoms with Crippen LogP contribution in [0.5, 0.6) is 0 Å². The van der Waals surface area contributed by atoms with Crippen LogP contribution in [0.25, 0.3) is 0 Å². The fourth-order valence-electron chi connectivity index (χ4n) is 2.19. The zero-order valence-corrected chi connectivity index (χ0v) is 12.4. The molecule has 2 atom stereocenters. The van der Waals surface area contributed by atoms with E-state index in [1.54, 1.807) is 13.0 Å². The molecule has 0 fully saturated rings. The molecular weight excluding hydrogens is 259 g/mol. The number of aliphatic hydroxyl groups excluding tert-OH is 1. The summed E-state index contributed by atoms with van der Waals surface area (Å²) >= 11 is 0.